The summed E-state index contributed by atoms with van der Waals surface area (Å²) in [5, 5.41) is 2.88. The van der Waals surface area contributed by atoms with Crippen molar-refractivity contribution in [2.45, 2.75) is 44.3 Å². The Bertz CT molecular complexity index is 248. The third-order valence-corrected chi connectivity index (χ3v) is 3.10. The van der Waals surface area contributed by atoms with Crippen LogP contribution in [0, 0.1) is 5.92 Å². The number of esters is 1. The van der Waals surface area contributed by atoms with Crippen LogP contribution in [0.25, 0.3) is 0 Å². The summed E-state index contributed by atoms with van der Waals surface area (Å²) in [5.74, 6) is -0.292. The van der Waals surface area contributed by atoms with Gasteiger partial charge in [-0.2, -0.15) is 13.2 Å². The molecule has 0 amide bonds. The molecule has 1 saturated carbocycles. The van der Waals surface area contributed by atoms with Crippen LogP contribution in [0.1, 0.15) is 32.1 Å². The van der Waals surface area contributed by atoms with Gasteiger partial charge < -0.3 is 10.1 Å². The monoisotopic (exact) mass is 253 g/mol. The largest absolute Gasteiger partial charge is 0.469 e. The molecule has 0 unspecified atom stereocenters. The van der Waals surface area contributed by atoms with Crippen molar-refractivity contribution >= 4 is 5.97 Å². The molecule has 100 valence electrons. The molecular formula is C11H18F3NO2. The van der Waals surface area contributed by atoms with Gasteiger partial charge >= 0.3 is 12.1 Å². The second kappa shape index (κ2) is 6.23. The summed E-state index contributed by atoms with van der Waals surface area (Å²) in [5.41, 5.74) is 0. The highest BCUT2D eigenvalue weighted by molar-refractivity contribution is 5.72. The van der Waals surface area contributed by atoms with Gasteiger partial charge in [0.1, 0.15) is 0 Å². The van der Waals surface area contributed by atoms with Gasteiger partial charge in [-0.3, -0.25) is 4.79 Å². The van der Waals surface area contributed by atoms with Crippen LogP contribution in [0.3, 0.4) is 0 Å². The Morgan fingerprint density at radius 3 is 2.35 bits per heavy atom. The first kappa shape index (κ1) is 14.3. The number of alkyl halides is 3. The smallest absolute Gasteiger partial charge is 0.390 e. The first-order valence-corrected chi connectivity index (χ1v) is 5.80. The highest BCUT2D eigenvalue weighted by atomic mass is 19.4. The van der Waals surface area contributed by atoms with Gasteiger partial charge in [-0.15, -0.1) is 0 Å². The Balaban J connectivity index is 2.17. The molecule has 1 fully saturated rings. The maximum absolute atomic E-state index is 11.9. The highest BCUT2D eigenvalue weighted by Gasteiger charge is 2.29. The molecule has 0 aromatic carbocycles. The van der Waals surface area contributed by atoms with Crippen molar-refractivity contribution in [1.29, 1.82) is 0 Å². The van der Waals surface area contributed by atoms with Crippen molar-refractivity contribution < 1.29 is 22.7 Å². The molecule has 1 aliphatic carbocycles. The lowest BCUT2D eigenvalue weighted by Gasteiger charge is -2.27. The molecule has 6 heteroatoms. The zero-order chi connectivity index (χ0) is 12.9. The third kappa shape index (κ3) is 5.39. The van der Waals surface area contributed by atoms with E-state index in [1.54, 1.807) is 0 Å². The van der Waals surface area contributed by atoms with E-state index in [1.165, 1.54) is 7.11 Å². The average molecular weight is 253 g/mol. The first-order valence-electron chi connectivity index (χ1n) is 5.80. The molecule has 1 rings (SSSR count). The second-order valence-corrected chi connectivity index (χ2v) is 4.39. The summed E-state index contributed by atoms with van der Waals surface area (Å²) in [4.78, 5) is 11.2. The number of nitrogens with one attached hydrogen (secondary N) is 1. The van der Waals surface area contributed by atoms with E-state index in [2.05, 4.69) is 10.1 Å². The van der Waals surface area contributed by atoms with E-state index in [1.807, 2.05) is 0 Å². The Morgan fingerprint density at radius 1 is 1.29 bits per heavy atom. The van der Waals surface area contributed by atoms with Crippen LogP contribution in [-0.2, 0) is 9.53 Å². The molecule has 0 radical (unpaired) electrons. The van der Waals surface area contributed by atoms with Crippen molar-refractivity contribution in [2.75, 3.05) is 13.7 Å². The lowest BCUT2D eigenvalue weighted by molar-refractivity contribution is -0.146. The molecular weight excluding hydrogens is 235 g/mol. The molecule has 0 saturated heterocycles. The molecule has 0 spiro atoms. The van der Waals surface area contributed by atoms with Crippen LogP contribution >= 0.6 is 0 Å². The minimum absolute atomic E-state index is 0.0446. The van der Waals surface area contributed by atoms with Gasteiger partial charge in [0.15, 0.2) is 0 Å². The predicted octanol–water partition coefficient (Wildman–Crippen LogP) is 2.26. The molecule has 0 atom stereocenters. The van der Waals surface area contributed by atoms with Gasteiger partial charge in [0, 0.05) is 12.6 Å². The van der Waals surface area contributed by atoms with Gasteiger partial charge in [0.05, 0.1) is 19.4 Å². The standard InChI is InChI=1S/C11H18F3NO2/c1-17-10(16)8-2-4-9(5-3-8)15-7-6-11(12,13)14/h8-9,15H,2-7H2,1H3. The van der Waals surface area contributed by atoms with Crippen LogP contribution in [0.2, 0.25) is 0 Å². The summed E-state index contributed by atoms with van der Waals surface area (Å²) in [6.07, 6.45) is -2.05. The number of ether oxygens (including phenoxy) is 1. The number of hydrogen-bond donors (Lipinski definition) is 1. The normalized spacial score (nSPS) is 25.6. The lowest BCUT2D eigenvalue weighted by atomic mass is 9.86. The van der Waals surface area contributed by atoms with Gasteiger partial charge in [0.25, 0.3) is 0 Å². The summed E-state index contributed by atoms with van der Waals surface area (Å²) < 4.78 is 40.4. The Morgan fingerprint density at radius 2 is 1.88 bits per heavy atom. The van der Waals surface area contributed by atoms with Crippen LogP contribution < -0.4 is 5.32 Å². The second-order valence-electron chi connectivity index (χ2n) is 4.39. The zero-order valence-electron chi connectivity index (χ0n) is 9.85. The van der Waals surface area contributed by atoms with Crippen molar-refractivity contribution in [3.8, 4) is 0 Å². The van der Waals surface area contributed by atoms with E-state index in [4.69, 9.17) is 0 Å². The number of methoxy groups -OCH3 is 1. The molecule has 0 aliphatic heterocycles. The number of halogens is 3. The average Bonchev–Trinajstić information content (AvgIpc) is 2.27. The van der Waals surface area contributed by atoms with Crippen LogP contribution in [-0.4, -0.2) is 31.8 Å². The van der Waals surface area contributed by atoms with Crippen LogP contribution in [0.5, 0.6) is 0 Å². The zero-order valence-corrected chi connectivity index (χ0v) is 9.85. The van der Waals surface area contributed by atoms with Crippen molar-refractivity contribution in [1.82, 2.24) is 5.32 Å². The van der Waals surface area contributed by atoms with Gasteiger partial charge in [-0.1, -0.05) is 0 Å². The van der Waals surface area contributed by atoms with E-state index < -0.39 is 12.6 Å². The molecule has 17 heavy (non-hydrogen) atoms. The summed E-state index contributed by atoms with van der Waals surface area (Å²) in [7, 11) is 1.36. The molecule has 3 nitrogen and oxygen atoms in total. The van der Waals surface area contributed by atoms with Crippen molar-refractivity contribution in [3.63, 3.8) is 0 Å². The molecule has 1 N–H and O–H groups in total. The summed E-state index contributed by atoms with van der Waals surface area (Å²) >= 11 is 0. The van der Waals surface area contributed by atoms with E-state index in [-0.39, 0.29) is 24.5 Å². The molecule has 1 aliphatic rings. The van der Waals surface area contributed by atoms with Crippen LogP contribution in [0.15, 0.2) is 0 Å². The fraction of sp³-hybridized carbons (Fsp3) is 0.909. The van der Waals surface area contributed by atoms with Gasteiger partial charge in [-0.25, -0.2) is 0 Å². The predicted molar refractivity (Wildman–Crippen MR) is 56.4 cm³/mol. The number of rotatable bonds is 4. The van der Waals surface area contributed by atoms with E-state index in [0.29, 0.717) is 12.8 Å². The minimum atomic E-state index is -4.10. The summed E-state index contributed by atoms with van der Waals surface area (Å²) in [6.45, 7) is -0.0446. The van der Waals surface area contributed by atoms with E-state index in [9.17, 15) is 18.0 Å². The van der Waals surface area contributed by atoms with Crippen molar-refractivity contribution in [2.24, 2.45) is 5.92 Å². The number of hydrogen-bond acceptors (Lipinski definition) is 3. The maximum Gasteiger partial charge on any atom is 0.390 e. The third-order valence-electron chi connectivity index (χ3n) is 3.10. The van der Waals surface area contributed by atoms with E-state index >= 15 is 0 Å². The first-order chi connectivity index (χ1) is 7.92. The molecule has 0 aromatic heterocycles. The van der Waals surface area contributed by atoms with Crippen LogP contribution in [0.4, 0.5) is 13.2 Å². The van der Waals surface area contributed by atoms with Crippen molar-refractivity contribution in [3.05, 3.63) is 0 Å². The highest BCUT2D eigenvalue weighted by Crippen LogP contribution is 2.25. The Labute approximate surface area is 98.7 Å². The Hall–Kier alpha value is -0.780. The number of carbonyl (C=O) groups excluding carboxylic acids is 1. The fourth-order valence-corrected chi connectivity index (χ4v) is 2.12. The molecule has 0 bridgehead atoms. The van der Waals surface area contributed by atoms with Gasteiger partial charge in [0.2, 0.25) is 0 Å². The summed E-state index contributed by atoms with van der Waals surface area (Å²) in [6, 6.07) is 0.0956. The lowest BCUT2D eigenvalue weighted by Crippen LogP contribution is -2.36. The number of carbonyl (C=O) groups is 1. The Kier molecular flexibility index (Phi) is 5.24. The minimum Gasteiger partial charge on any atom is -0.469 e. The molecule has 0 heterocycles. The fourth-order valence-electron chi connectivity index (χ4n) is 2.12. The molecule has 0 aromatic rings. The topological polar surface area (TPSA) is 38.3 Å². The SMILES string of the molecule is COC(=O)C1CCC(NCCC(F)(F)F)CC1. The van der Waals surface area contributed by atoms with E-state index in [0.717, 1.165) is 12.8 Å². The maximum atomic E-state index is 11.9. The quantitative estimate of drug-likeness (QED) is 0.781. The van der Waals surface area contributed by atoms with Gasteiger partial charge in [-0.05, 0) is 25.7 Å².